The summed E-state index contributed by atoms with van der Waals surface area (Å²) in [5.74, 6) is 0.908. The number of likely N-dealkylation sites (tertiary alicyclic amines) is 1. The van der Waals surface area contributed by atoms with Crippen molar-refractivity contribution in [1.29, 1.82) is 0 Å². The van der Waals surface area contributed by atoms with Crippen LogP contribution < -0.4 is 10.9 Å². The van der Waals surface area contributed by atoms with Gasteiger partial charge in [0, 0.05) is 35.0 Å². The van der Waals surface area contributed by atoms with Crippen molar-refractivity contribution in [2.45, 2.75) is 57.2 Å². The second kappa shape index (κ2) is 10.2. The van der Waals surface area contributed by atoms with E-state index in [4.69, 9.17) is 9.97 Å². The van der Waals surface area contributed by atoms with E-state index in [9.17, 15) is 9.90 Å². The molecule has 4 aromatic heterocycles. The highest BCUT2D eigenvalue weighted by atomic mass is 16.3. The molecule has 216 valence electrons. The first-order valence-electron chi connectivity index (χ1n) is 14.8. The number of allylic oxidation sites excluding steroid dienone is 1. The number of nitrogens with zero attached hydrogens (tertiary/aromatic N) is 7. The Labute approximate surface area is 243 Å². The first kappa shape index (κ1) is 26.6. The van der Waals surface area contributed by atoms with Crippen LogP contribution in [0.4, 0.5) is 11.6 Å². The Bertz CT molecular complexity index is 1880. The maximum Gasteiger partial charge on any atom is 0.278 e. The normalized spacial score (nSPS) is 19.5. The first-order valence-corrected chi connectivity index (χ1v) is 14.8. The minimum atomic E-state index is -0.968. The number of nitrogens with one attached hydrogen (secondary N) is 1. The highest BCUT2D eigenvalue weighted by Crippen LogP contribution is 2.38. The molecule has 2 N–H and O–H groups in total. The number of hydrogen-bond donors (Lipinski definition) is 2. The van der Waals surface area contributed by atoms with E-state index in [-0.39, 0.29) is 12.1 Å². The summed E-state index contributed by atoms with van der Waals surface area (Å²) in [6.45, 7) is 8.32. The number of pyridine rings is 1. The number of aryl methyl sites for hydroxylation is 1. The Morgan fingerprint density at radius 2 is 2.00 bits per heavy atom. The number of aromatic nitrogens is 6. The van der Waals surface area contributed by atoms with E-state index < -0.39 is 5.60 Å². The van der Waals surface area contributed by atoms with Gasteiger partial charge in [-0.3, -0.25) is 4.79 Å². The second-order valence-corrected chi connectivity index (χ2v) is 11.6. The topological polar surface area (TPSA) is 106 Å². The molecule has 10 nitrogen and oxygen atoms in total. The number of benzene rings is 1. The van der Waals surface area contributed by atoms with Gasteiger partial charge in [0.25, 0.3) is 5.56 Å². The second-order valence-electron chi connectivity index (χ2n) is 11.6. The van der Waals surface area contributed by atoms with Crippen LogP contribution in [0.3, 0.4) is 0 Å². The van der Waals surface area contributed by atoms with Gasteiger partial charge in [-0.15, -0.1) is 6.58 Å². The van der Waals surface area contributed by atoms with Crippen molar-refractivity contribution in [3.8, 4) is 5.82 Å². The molecule has 1 aliphatic heterocycles. The summed E-state index contributed by atoms with van der Waals surface area (Å²) in [4.78, 5) is 30.0. The molecule has 0 spiro atoms. The van der Waals surface area contributed by atoms with Crippen LogP contribution in [-0.4, -0.2) is 59.0 Å². The van der Waals surface area contributed by atoms with Crippen LogP contribution in [0.15, 0.2) is 66.2 Å². The average molecular weight is 565 g/mol. The van der Waals surface area contributed by atoms with Crippen molar-refractivity contribution in [3.63, 3.8) is 0 Å². The van der Waals surface area contributed by atoms with Crippen LogP contribution >= 0.6 is 0 Å². The fraction of sp³-hybridized carbons (Fsp3) is 0.375. The van der Waals surface area contributed by atoms with Crippen molar-refractivity contribution in [2.24, 2.45) is 0 Å². The fourth-order valence-electron chi connectivity index (χ4n) is 6.58. The van der Waals surface area contributed by atoms with Crippen molar-refractivity contribution in [2.75, 3.05) is 25.5 Å². The predicted molar refractivity (Wildman–Crippen MR) is 165 cm³/mol. The number of fused-ring (bicyclic) bond motifs is 3. The highest BCUT2D eigenvalue weighted by Gasteiger charge is 2.37. The zero-order chi connectivity index (χ0) is 29.0. The molecular weight excluding hydrogens is 528 g/mol. The van der Waals surface area contributed by atoms with E-state index >= 15 is 0 Å². The molecule has 0 unspecified atom stereocenters. The zero-order valence-corrected chi connectivity index (χ0v) is 24.1. The third kappa shape index (κ3) is 4.33. The van der Waals surface area contributed by atoms with Gasteiger partial charge >= 0.3 is 0 Å². The van der Waals surface area contributed by atoms with Crippen LogP contribution in [-0.2, 0) is 18.6 Å². The first-order chi connectivity index (χ1) is 20.4. The molecule has 1 fully saturated rings. The third-order valence-corrected chi connectivity index (χ3v) is 9.05. The van der Waals surface area contributed by atoms with Gasteiger partial charge < -0.3 is 19.9 Å². The maximum absolute atomic E-state index is 13.4. The lowest BCUT2D eigenvalue weighted by Gasteiger charge is -2.30. The Morgan fingerprint density at radius 3 is 2.79 bits per heavy atom. The van der Waals surface area contributed by atoms with Crippen LogP contribution in [0.1, 0.15) is 49.9 Å². The van der Waals surface area contributed by atoms with Gasteiger partial charge in [0.05, 0.1) is 12.2 Å². The molecule has 1 atom stereocenters. The van der Waals surface area contributed by atoms with Gasteiger partial charge in [0.1, 0.15) is 11.0 Å². The molecule has 1 aliphatic carbocycles. The summed E-state index contributed by atoms with van der Waals surface area (Å²) in [7, 11) is 2.18. The van der Waals surface area contributed by atoms with Crippen LogP contribution in [0, 0.1) is 0 Å². The van der Waals surface area contributed by atoms with Crippen molar-refractivity contribution < 1.29 is 5.11 Å². The Kier molecular flexibility index (Phi) is 6.47. The van der Waals surface area contributed by atoms with Gasteiger partial charge in [-0.2, -0.15) is 4.98 Å². The molecule has 1 aromatic carbocycles. The lowest BCUT2D eigenvalue weighted by molar-refractivity contribution is 0.0306. The van der Waals surface area contributed by atoms with Crippen molar-refractivity contribution in [1.82, 2.24) is 33.8 Å². The molecule has 2 aliphatic rings. The quantitative estimate of drug-likeness (QED) is 0.277. The molecule has 0 radical (unpaired) electrons. The minimum absolute atomic E-state index is 0.221. The predicted octanol–water partition coefficient (Wildman–Crippen LogP) is 4.67. The van der Waals surface area contributed by atoms with Crippen molar-refractivity contribution in [3.05, 3.63) is 83.1 Å². The molecule has 0 bridgehead atoms. The van der Waals surface area contributed by atoms with E-state index in [1.165, 1.54) is 5.52 Å². The van der Waals surface area contributed by atoms with Gasteiger partial charge in [0.15, 0.2) is 11.5 Å². The van der Waals surface area contributed by atoms with Gasteiger partial charge in [-0.25, -0.2) is 19.3 Å². The van der Waals surface area contributed by atoms with Gasteiger partial charge in [0.2, 0.25) is 5.95 Å². The average Bonchev–Trinajstić information content (AvgIpc) is 3.66. The van der Waals surface area contributed by atoms with E-state index in [1.54, 1.807) is 21.6 Å². The summed E-state index contributed by atoms with van der Waals surface area (Å²) in [6.07, 6.45) is 9.72. The van der Waals surface area contributed by atoms with Gasteiger partial charge in [-0.1, -0.05) is 19.1 Å². The molecular formula is C32H36N8O2. The van der Waals surface area contributed by atoms with E-state index in [2.05, 4.69) is 57.8 Å². The summed E-state index contributed by atoms with van der Waals surface area (Å²) in [6, 6.07) is 12.9. The molecule has 10 heteroatoms. The SMILES string of the molecule is C=CCn1c(=O)c2cnc(Nc3ccc4c(ccn4C4CCN(C)CC4)c3)nc2n1-c1ccc2c(n1)[C@](O)(CC)CC2. The largest absolute Gasteiger partial charge is 0.384 e. The van der Waals surface area contributed by atoms with Crippen molar-refractivity contribution >= 4 is 33.6 Å². The standard InChI is InChI=1S/C32H36N8O2/c1-4-15-39-30(41)25-20-33-31(36-29(25)40(39)27-9-6-21-10-14-32(42,5-2)28(21)35-27)34-23-7-8-26-22(19-23)11-18-38(26)24-12-16-37(3)17-13-24/h4,6-9,11,18-20,24,42H,1,5,10,12-17H2,2-3H3,(H,33,34,36)/t32-/m0/s1. The molecule has 1 saturated heterocycles. The van der Waals surface area contributed by atoms with E-state index in [0.717, 1.165) is 49.0 Å². The zero-order valence-electron chi connectivity index (χ0n) is 24.1. The lowest BCUT2D eigenvalue weighted by atomic mass is 9.98. The molecule has 0 saturated carbocycles. The maximum atomic E-state index is 13.4. The lowest BCUT2D eigenvalue weighted by Crippen LogP contribution is -2.31. The third-order valence-electron chi connectivity index (χ3n) is 9.05. The molecule has 5 heterocycles. The fourth-order valence-corrected chi connectivity index (χ4v) is 6.58. The number of rotatable bonds is 7. The molecule has 7 rings (SSSR count). The number of anilines is 2. The van der Waals surface area contributed by atoms with Gasteiger partial charge in [-0.05, 0) is 88.1 Å². The molecule has 5 aromatic rings. The highest BCUT2D eigenvalue weighted by molar-refractivity contribution is 5.85. The number of piperidine rings is 1. The van der Waals surface area contributed by atoms with E-state index in [1.807, 2.05) is 25.1 Å². The van der Waals surface area contributed by atoms with E-state index in [0.29, 0.717) is 47.4 Å². The Hall–Kier alpha value is -4.28. The van der Waals surface area contributed by atoms with Crippen LogP contribution in [0.2, 0.25) is 0 Å². The Balaban J connectivity index is 1.26. The Morgan fingerprint density at radius 1 is 1.17 bits per heavy atom. The van der Waals surface area contributed by atoms with Crippen LogP contribution in [0.25, 0.3) is 27.8 Å². The monoisotopic (exact) mass is 564 g/mol. The summed E-state index contributed by atoms with van der Waals surface area (Å²) < 4.78 is 5.67. The number of hydrogen-bond acceptors (Lipinski definition) is 7. The molecule has 42 heavy (non-hydrogen) atoms. The summed E-state index contributed by atoms with van der Waals surface area (Å²) in [5, 5.41) is 16.1. The minimum Gasteiger partial charge on any atom is -0.384 e. The molecule has 0 amide bonds. The summed E-state index contributed by atoms with van der Waals surface area (Å²) >= 11 is 0. The smallest absolute Gasteiger partial charge is 0.278 e. The van der Waals surface area contributed by atoms with Crippen LogP contribution in [0.5, 0.6) is 0 Å². The summed E-state index contributed by atoms with van der Waals surface area (Å²) in [5.41, 5.74) is 3.05. The number of aliphatic hydroxyl groups is 1.